The van der Waals surface area contributed by atoms with E-state index in [4.69, 9.17) is 0 Å². The molecule has 4 heteroatoms. The summed E-state index contributed by atoms with van der Waals surface area (Å²) in [5.41, 5.74) is 3.01. The fourth-order valence-electron chi connectivity index (χ4n) is 2.53. The number of nitrogens with one attached hydrogen (secondary N) is 2. The molecule has 0 aromatic carbocycles. The number of piperidine rings is 1. The molecule has 3 rings (SSSR count). The first-order chi connectivity index (χ1) is 8.17. The molecule has 2 aromatic heterocycles. The molecule has 1 atom stereocenters. The lowest BCUT2D eigenvalue weighted by molar-refractivity contribution is 0.326. The summed E-state index contributed by atoms with van der Waals surface area (Å²) >= 11 is 0. The highest BCUT2D eigenvalue weighted by atomic mass is 15.0. The van der Waals surface area contributed by atoms with Crippen LogP contribution in [0.15, 0.2) is 12.1 Å². The molecule has 90 valence electrons. The van der Waals surface area contributed by atoms with Gasteiger partial charge in [-0.1, -0.05) is 6.92 Å². The minimum absolute atomic E-state index is 0.118. The Bertz CT molecular complexity index is 537. The first kappa shape index (κ1) is 10.7. The predicted molar refractivity (Wildman–Crippen MR) is 68.1 cm³/mol. The minimum atomic E-state index is 0.118. The van der Waals surface area contributed by atoms with Crippen molar-refractivity contribution in [3.8, 4) is 0 Å². The molecule has 1 saturated heterocycles. The lowest BCUT2D eigenvalue weighted by Crippen LogP contribution is -2.41. The lowest BCUT2D eigenvalue weighted by Gasteiger charge is -2.32. The Morgan fingerprint density at radius 2 is 2.18 bits per heavy atom. The van der Waals surface area contributed by atoms with E-state index in [0.29, 0.717) is 0 Å². The Balaban J connectivity index is 2.05. The van der Waals surface area contributed by atoms with Crippen LogP contribution in [-0.4, -0.2) is 28.0 Å². The van der Waals surface area contributed by atoms with Crippen LogP contribution >= 0.6 is 0 Å². The van der Waals surface area contributed by atoms with Gasteiger partial charge in [0.05, 0.1) is 5.52 Å². The van der Waals surface area contributed by atoms with Crippen LogP contribution in [0, 0.1) is 6.92 Å². The third-order valence-electron chi connectivity index (χ3n) is 3.65. The smallest absolute Gasteiger partial charge is 0.177 e. The second-order valence-electron chi connectivity index (χ2n) is 5.25. The average molecular weight is 230 g/mol. The van der Waals surface area contributed by atoms with Gasteiger partial charge in [-0.2, -0.15) is 0 Å². The maximum Gasteiger partial charge on any atom is 0.177 e. The number of aryl methyl sites for hydroxylation is 1. The van der Waals surface area contributed by atoms with Gasteiger partial charge in [0.15, 0.2) is 5.65 Å². The Labute approximate surface area is 101 Å². The quantitative estimate of drug-likeness (QED) is 0.786. The van der Waals surface area contributed by atoms with E-state index in [2.05, 4.69) is 33.3 Å². The third-order valence-corrected chi connectivity index (χ3v) is 3.65. The van der Waals surface area contributed by atoms with Crippen LogP contribution in [0.1, 0.15) is 31.3 Å². The van der Waals surface area contributed by atoms with E-state index in [1.165, 1.54) is 12.8 Å². The van der Waals surface area contributed by atoms with E-state index in [1.54, 1.807) is 0 Å². The van der Waals surface area contributed by atoms with E-state index in [9.17, 15) is 0 Å². The number of hydrogen-bond donors (Lipinski definition) is 2. The number of aromatic amines is 1. The van der Waals surface area contributed by atoms with Crippen molar-refractivity contribution in [1.82, 2.24) is 20.3 Å². The molecular weight excluding hydrogens is 212 g/mol. The summed E-state index contributed by atoms with van der Waals surface area (Å²) in [4.78, 5) is 12.5. The number of fused-ring (bicyclic) bond motifs is 1. The van der Waals surface area contributed by atoms with Gasteiger partial charge in [0, 0.05) is 17.7 Å². The third kappa shape index (κ3) is 1.82. The van der Waals surface area contributed by atoms with Gasteiger partial charge < -0.3 is 10.3 Å². The summed E-state index contributed by atoms with van der Waals surface area (Å²) in [6.07, 6.45) is 2.39. The standard InChI is InChI=1S/C13H18N4/c1-9-4-5-10-11(15-9)17-12(16-10)13(2)6-3-7-14-8-13/h4-5,14H,3,6-8H2,1-2H3,(H,15,16,17). The highest BCUT2D eigenvalue weighted by molar-refractivity contribution is 5.70. The molecule has 1 aliphatic rings. The largest absolute Gasteiger partial charge is 0.340 e. The summed E-state index contributed by atoms with van der Waals surface area (Å²) in [5, 5.41) is 3.45. The van der Waals surface area contributed by atoms with Gasteiger partial charge in [-0.3, -0.25) is 0 Å². The molecule has 3 heterocycles. The number of imidazole rings is 1. The number of H-pyrrole nitrogens is 1. The van der Waals surface area contributed by atoms with Gasteiger partial charge in [-0.15, -0.1) is 0 Å². The molecule has 4 nitrogen and oxygen atoms in total. The molecule has 1 unspecified atom stereocenters. The van der Waals surface area contributed by atoms with Gasteiger partial charge >= 0.3 is 0 Å². The maximum absolute atomic E-state index is 4.66. The van der Waals surface area contributed by atoms with Crippen molar-refractivity contribution in [3.05, 3.63) is 23.7 Å². The Hall–Kier alpha value is -1.42. The second kappa shape index (κ2) is 3.81. The number of rotatable bonds is 1. The number of aromatic nitrogens is 3. The number of pyridine rings is 1. The van der Waals surface area contributed by atoms with Crippen LogP contribution < -0.4 is 5.32 Å². The van der Waals surface area contributed by atoms with Crippen LogP contribution in [0.2, 0.25) is 0 Å². The number of hydrogen-bond acceptors (Lipinski definition) is 3. The molecule has 0 aliphatic carbocycles. The van der Waals surface area contributed by atoms with E-state index in [1.807, 2.05) is 13.0 Å². The molecule has 2 N–H and O–H groups in total. The van der Waals surface area contributed by atoms with Crippen LogP contribution in [-0.2, 0) is 5.41 Å². The van der Waals surface area contributed by atoms with Crippen molar-refractivity contribution in [1.29, 1.82) is 0 Å². The summed E-state index contributed by atoms with van der Waals surface area (Å²) in [6.45, 7) is 6.38. The summed E-state index contributed by atoms with van der Waals surface area (Å²) in [5.74, 6) is 1.07. The van der Waals surface area contributed by atoms with Crippen molar-refractivity contribution in [2.45, 2.75) is 32.1 Å². The first-order valence-corrected chi connectivity index (χ1v) is 6.22. The molecule has 1 aliphatic heterocycles. The van der Waals surface area contributed by atoms with Crippen molar-refractivity contribution in [2.24, 2.45) is 0 Å². The Kier molecular flexibility index (Phi) is 2.40. The predicted octanol–water partition coefficient (Wildman–Crippen LogP) is 1.91. The van der Waals surface area contributed by atoms with Gasteiger partial charge in [0.1, 0.15) is 5.82 Å². The fourth-order valence-corrected chi connectivity index (χ4v) is 2.53. The van der Waals surface area contributed by atoms with Crippen LogP contribution in [0.25, 0.3) is 11.2 Å². The van der Waals surface area contributed by atoms with Crippen molar-refractivity contribution >= 4 is 11.2 Å². The molecular formula is C13H18N4. The summed E-state index contributed by atoms with van der Waals surface area (Å²) in [7, 11) is 0. The molecule has 0 saturated carbocycles. The highest BCUT2D eigenvalue weighted by Gasteiger charge is 2.31. The van der Waals surface area contributed by atoms with Gasteiger partial charge in [-0.25, -0.2) is 9.97 Å². The lowest BCUT2D eigenvalue weighted by atomic mass is 9.82. The van der Waals surface area contributed by atoms with E-state index in [0.717, 1.165) is 35.8 Å². The van der Waals surface area contributed by atoms with Gasteiger partial charge in [0.25, 0.3) is 0 Å². The monoisotopic (exact) mass is 230 g/mol. The second-order valence-corrected chi connectivity index (χ2v) is 5.25. The van der Waals surface area contributed by atoms with Crippen molar-refractivity contribution in [3.63, 3.8) is 0 Å². The topological polar surface area (TPSA) is 53.6 Å². The molecule has 1 fully saturated rings. The zero-order valence-electron chi connectivity index (χ0n) is 10.4. The Morgan fingerprint density at radius 1 is 1.29 bits per heavy atom. The molecule has 0 radical (unpaired) electrons. The highest BCUT2D eigenvalue weighted by Crippen LogP contribution is 2.29. The van der Waals surface area contributed by atoms with Crippen LogP contribution in [0.4, 0.5) is 0 Å². The number of nitrogens with zero attached hydrogens (tertiary/aromatic N) is 2. The molecule has 0 amide bonds. The van der Waals surface area contributed by atoms with E-state index < -0.39 is 0 Å². The van der Waals surface area contributed by atoms with Gasteiger partial charge in [-0.05, 0) is 38.4 Å². The summed E-state index contributed by atoms with van der Waals surface area (Å²) in [6, 6.07) is 4.08. The average Bonchev–Trinajstić information content (AvgIpc) is 2.73. The van der Waals surface area contributed by atoms with Crippen LogP contribution in [0.3, 0.4) is 0 Å². The molecule has 17 heavy (non-hydrogen) atoms. The Morgan fingerprint density at radius 3 is 2.94 bits per heavy atom. The molecule has 2 aromatic rings. The minimum Gasteiger partial charge on any atom is -0.340 e. The zero-order valence-corrected chi connectivity index (χ0v) is 10.4. The van der Waals surface area contributed by atoms with E-state index >= 15 is 0 Å². The molecule has 0 spiro atoms. The van der Waals surface area contributed by atoms with Crippen LogP contribution in [0.5, 0.6) is 0 Å². The van der Waals surface area contributed by atoms with Crippen molar-refractivity contribution < 1.29 is 0 Å². The zero-order chi connectivity index (χ0) is 11.9. The van der Waals surface area contributed by atoms with Gasteiger partial charge in [0.2, 0.25) is 0 Å². The molecule has 0 bridgehead atoms. The maximum atomic E-state index is 4.66. The van der Waals surface area contributed by atoms with E-state index in [-0.39, 0.29) is 5.41 Å². The fraction of sp³-hybridized carbons (Fsp3) is 0.538. The SMILES string of the molecule is Cc1ccc2[nH]c(C3(C)CCCNC3)nc2n1. The van der Waals surface area contributed by atoms with Crippen molar-refractivity contribution in [2.75, 3.05) is 13.1 Å². The first-order valence-electron chi connectivity index (χ1n) is 6.22. The summed E-state index contributed by atoms with van der Waals surface area (Å²) < 4.78 is 0. The normalized spacial score (nSPS) is 25.3.